The topological polar surface area (TPSA) is 7.76 Å². The van der Waals surface area contributed by atoms with Gasteiger partial charge in [-0.2, -0.15) is 0 Å². The molecule has 3 heteroatoms. The first-order valence-corrected chi connectivity index (χ1v) is 8.73. The smallest absolute Gasteiger partial charge is 0.178 e. The summed E-state index contributed by atoms with van der Waals surface area (Å²) in [4.78, 5) is 2.66. The molecule has 0 fully saturated rings. The molecule has 118 valence electrons. The SMILES string of the molecule is Cc1cc(-c2ccc(-c3cc(C)[n+](C)c(C)c3)s2)cc(C)[n+]1C. The van der Waals surface area contributed by atoms with E-state index in [1.54, 1.807) is 0 Å². The van der Waals surface area contributed by atoms with Crippen molar-refractivity contribution in [3.63, 3.8) is 0 Å². The van der Waals surface area contributed by atoms with Gasteiger partial charge in [-0.3, -0.25) is 0 Å². The molecule has 0 aliphatic rings. The Morgan fingerprint density at radius 3 is 1.22 bits per heavy atom. The van der Waals surface area contributed by atoms with Crippen molar-refractivity contribution in [1.82, 2.24) is 0 Å². The van der Waals surface area contributed by atoms with E-state index >= 15 is 0 Å². The maximum atomic E-state index is 2.27. The van der Waals surface area contributed by atoms with E-state index in [2.05, 4.69) is 87.3 Å². The molecule has 0 bridgehead atoms. The van der Waals surface area contributed by atoms with Gasteiger partial charge < -0.3 is 0 Å². The minimum absolute atomic E-state index is 1.29. The normalized spacial score (nSPS) is 11.0. The molecule has 0 spiro atoms. The fraction of sp³-hybridized carbons (Fsp3) is 0.300. The summed E-state index contributed by atoms with van der Waals surface area (Å²) in [5, 5.41) is 0. The third-order valence-electron chi connectivity index (χ3n) is 4.75. The first-order chi connectivity index (χ1) is 10.9. The third kappa shape index (κ3) is 2.93. The maximum absolute atomic E-state index is 2.27. The fourth-order valence-corrected chi connectivity index (χ4v) is 3.84. The van der Waals surface area contributed by atoms with E-state index in [9.17, 15) is 0 Å². The summed E-state index contributed by atoms with van der Waals surface area (Å²) in [6.07, 6.45) is 0. The Kier molecular flexibility index (Phi) is 4.07. The van der Waals surface area contributed by atoms with Crippen LogP contribution < -0.4 is 9.13 Å². The van der Waals surface area contributed by atoms with Crippen LogP contribution in [0.5, 0.6) is 0 Å². The van der Waals surface area contributed by atoms with E-state index in [0.29, 0.717) is 0 Å². The highest BCUT2D eigenvalue weighted by Crippen LogP contribution is 2.34. The highest BCUT2D eigenvalue weighted by Gasteiger charge is 2.14. The fourth-order valence-electron chi connectivity index (χ4n) is 2.86. The number of nitrogens with zero attached hydrogens (tertiary/aromatic N) is 2. The molecule has 3 heterocycles. The number of thiophene rings is 1. The van der Waals surface area contributed by atoms with E-state index in [1.165, 1.54) is 43.7 Å². The largest absolute Gasteiger partial charge is 0.203 e. The highest BCUT2D eigenvalue weighted by molar-refractivity contribution is 7.18. The van der Waals surface area contributed by atoms with Crippen LogP contribution in [-0.2, 0) is 14.1 Å². The summed E-state index contributed by atoms with van der Waals surface area (Å²) in [6.45, 7) is 8.65. The lowest BCUT2D eigenvalue weighted by Gasteiger charge is -2.03. The van der Waals surface area contributed by atoms with Crippen LogP contribution in [0.25, 0.3) is 20.9 Å². The second kappa shape index (κ2) is 5.89. The summed E-state index contributed by atoms with van der Waals surface area (Å²) >= 11 is 1.87. The van der Waals surface area contributed by atoms with E-state index in [-0.39, 0.29) is 0 Å². The molecular weight excluding hydrogens is 300 g/mol. The molecule has 0 N–H and O–H groups in total. The van der Waals surface area contributed by atoms with Crippen LogP contribution >= 0.6 is 11.3 Å². The van der Waals surface area contributed by atoms with Gasteiger partial charge in [0.05, 0.1) is 0 Å². The van der Waals surface area contributed by atoms with Crippen molar-refractivity contribution in [2.75, 3.05) is 0 Å². The van der Waals surface area contributed by atoms with Crippen molar-refractivity contribution >= 4 is 11.3 Å². The van der Waals surface area contributed by atoms with E-state index < -0.39 is 0 Å². The van der Waals surface area contributed by atoms with Crippen LogP contribution in [0.4, 0.5) is 0 Å². The predicted octanol–water partition coefficient (Wildman–Crippen LogP) is 3.96. The molecule has 23 heavy (non-hydrogen) atoms. The molecule has 0 unspecified atom stereocenters. The van der Waals surface area contributed by atoms with E-state index in [4.69, 9.17) is 0 Å². The zero-order chi connectivity index (χ0) is 16.7. The number of aryl methyl sites for hydroxylation is 4. The zero-order valence-electron chi connectivity index (χ0n) is 14.8. The minimum atomic E-state index is 1.29. The maximum Gasteiger partial charge on any atom is 0.178 e. The van der Waals surface area contributed by atoms with Crippen molar-refractivity contribution in [2.45, 2.75) is 27.7 Å². The number of rotatable bonds is 2. The Labute approximate surface area is 142 Å². The van der Waals surface area contributed by atoms with Crippen LogP contribution in [0.1, 0.15) is 22.8 Å². The summed E-state index contributed by atoms with van der Waals surface area (Å²) in [5.74, 6) is 0. The van der Waals surface area contributed by atoms with Crippen LogP contribution in [0, 0.1) is 27.7 Å². The lowest BCUT2D eigenvalue weighted by molar-refractivity contribution is -0.683. The van der Waals surface area contributed by atoms with Gasteiger partial charge in [-0.15, -0.1) is 11.3 Å². The standard InChI is InChI=1S/C20H24N2S/c1-13-9-17(10-14(2)21(13)5)19-7-8-20(23-19)18-11-15(3)22(6)16(4)12-18/h7-12H,1-6H3/q+2. The molecule has 0 aliphatic carbocycles. The van der Waals surface area contributed by atoms with Crippen molar-refractivity contribution in [1.29, 1.82) is 0 Å². The Bertz CT molecular complexity index is 772. The molecule has 2 nitrogen and oxygen atoms in total. The molecular formula is C20H24N2S+2. The van der Waals surface area contributed by atoms with Crippen LogP contribution in [0.15, 0.2) is 36.4 Å². The lowest BCUT2D eigenvalue weighted by atomic mass is 10.1. The number of aromatic nitrogens is 2. The van der Waals surface area contributed by atoms with Gasteiger partial charge in [0.1, 0.15) is 14.1 Å². The van der Waals surface area contributed by atoms with Gasteiger partial charge in [-0.1, -0.05) is 0 Å². The van der Waals surface area contributed by atoms with Gasteiger partial charge in [0, 0.05) is 72.8 Å². The Balaban J connectivity index is 2.04. The summed E-state index contributed by atoms with van der Waals surface area (Å²) < 4.78 is 4.45. The number of pyridine rings is 2. The van der Waals surface area contributed by atoms with Gasteiger partial charge in [-0.25, -0.2) is 9.13 Å². The van der Waals surface area contributed by atoms with Crippen LogP contribution in [0.2, 0.25) is 0 Å². The van der Waals surface area contributed by atoms with Crippen molar-refractivity contribution < 1.29 is 9.13 Å². The molecule has 0 saturated heterocycles. The Hall–Kier alpha value is -2.00. The monoisotopic (exact) mass is 324 g/mol. The van der Waals surface area contributed by atoms with Gasteiger partial charge in [0.25, 0.3) is 0 Å². The third-order valence-corrected chi connectivity index (χ3v) is 5.93. The first kappa shape index (κ1) is 15.9. The molecule has 0 atom stereocenters. The molecule has 0 saturated carbocycles. The van der Waals surface area contributed by atoms with Gasteiger partial charge in [0.2, 0.25) is 0 Å². The molecule has 3 aromatic rings. The summed E-state index contributed by atoms with van der Waals surface area (Å²) in [6, 6.07) is 13.6. The highest BCUT2D eigenvalue weighted by atomic mass is 32.1. The van der Waals surface area contributed by atoms with Crippen molar-refractivity contribution in [3.8, 4) is 20.9 Å². The van der Waals surface area contributed by atoms with Gasteiger partial charge in [0.15, 0.2) is 22.8 Å². The van der Waals surface area contributed by atoms with Crippen molar-refractivity contribution in [2.24, 2.45) is 14.1 Å². The molecule has 0 aliphatic heterocycles. The molecule has 3 rings (SSSR count). The van der Waals surface area contributed by atoms with Crippen molar-refractivity contribution in [3.05, 3.63) is 59.2 Å². The first-order valence-electron chi connectivity index (χ1n) is 7.92. The average molecular weight is 324 g/mol. The predicted molar refractivity (Wildman–Crippen MR) is 96.5 cm³/mol. The Morgan fingerprint density at radius 1 is 0.609 bits per heavy atom. The molecule has 3 aromatic heterocycles. The quantitative estimate of drug-likeness (QED) is 0.630. The number of hydrogen-bond donors (Lipinski definition) is 0. The summed E-state index contributed by atoms with van der Waals surface area (Å²) in [5.41, 5.74) is 7.76. The van der Waals surface area contributed by atoms with E-state index in [1.807, 2.05) is 11.3 Å². The zero-order valence-corrected chi connectivity index (χ0v) is 15.6. The second-order valence-electron chi connectivity index (χ2n) is 6.34. The molecule has 0 amide bonds. The lowest BCUT2D eigenvalue weighted by Crippen LogP contribution is -2.35. The minimum Gasteiger partial charge on any atom is -0.203 e. The molecule has 0 aromatic carbocycles. The van der Waals surface area contributed by atoms with Crippen LogP contribution in [-0.4, -0.2) is 0 Å². The van der Waals surface area contributed by atoms with E-state index in [0.717, 1.165) is 0 Å². The molecule has 0 radical (unpaired) electrons. The second-order valence-corrected chi connectivity index (χ2v) is 7.42. The average Bonchev–Trinajstić information content (AvgIpc) is 2.99. The van der Waals surface area contributed by atoms with Gasteiger partial charge >= 0.3 is 0 Å². The Morgan fingerprint density at radius 2 is 0.913 bits per heavy atom. The van der Waals surface area contributed by atoms with Crippen LogP contribution in [0.3, 0.4) is 0 Å². The number of hydrogen-bond acceptors (Lipinski definition) is 1. The summed E-state index contributed by atoms with van der Waals surface area (Å²) in [7, 11) is 4.23. The van der Waals surface area contributed by atoms with Gasteiger partial charge in [-0.05, 0) is 12.1 Å².